The molecule has 82 valence electrons. The third-order valence-electron chi connectivity index (χ3n) is 3.61. The molecule has 0 aromatic rings. The molecule has 14 heavy (non-hydrogen) atoms. The summed E-state index contributed by atoms with van der Waals surface area (Å²) >= 11 is 0. The van der Waals surface area contributed by atoms with Crippen LogP contribution >= 0.6 is 0 Å². The summed E-state index contributed by atoms with van der Waals surface area (Å²) in [5.74, 6) is 1.42. The Bertz CT molecular complexity index is 212. The molecule has 1 aliphatic carbocycles. The van der Waals surface area contributed by atoms with Crippen molar-refractivity contribution in [3.63, 3.8) is 0 Å². The van der Waals surface area contributed by atoms with E-state index in [2.05, 4.69) is 20.8 Å². The fourth-order valence-electron chi connectivity index (χ4n) is 2.35. The maximum absolute atomic E-state index is 10.8. The zero-order chi connectivity index (χ0) is 10.8. The average Bonchev–Trinajstić information content (AvgIpc) is 2.09. The monoisotopic (exact) mass is 198 g/mol. The van der Waals surface area contributed by atoms with Crippen LogP contribution in [0.3, 0.4) is 0 Å². The van der Waals surface area contributed by atoms with E-state index in [1.165, 1.54) is 26.2 Å². The molecule has 0 spiro atoms. The number of hydrogen-bond acceptors (Lipinski definition) is 2. The number of ether oxygens (including phenoxy) is 1. The maximum atomic E-state index is 10.8. The summed E-state index contributed by atoms with van der Waals surface area (Å²) in [4.78, 5) is 10.8. The molecule has 0 aromatic heterocycles. The molecule has 0 N–H and O–H groups in total. The van der Waals surface area contributed by atoms with E-state index in [1.807, 2.05) is 0 Å². The topological polar surface area (TPSA) is 26.3 Å². The van der Waals surface area contributed by atoms with Crippen LogP contribution in [0, 0.1) is 17.3 Å². The Labute approximate surface area is 87.0 Å². The van der Waals surface area contributed by atoms with Crippen LogP contribution in [0.4, 0.5) is 0 Å². The van der Waals surface area contributed by atoms with Crippen LogP contribution in [-0.4, -0.2) is 12.6 Å². The number of hydrogen-bond donors (Lipinski definition) is 0. The van der Waals surface area contributed by atoms with Crippen LogP contribution in [0.15, 0.2) is 0 Å². The number of esters is 1. The first-order chi connectivity index (χ1) is 6.43. The average molecular weight is 198 g/mol. The highest BCUT2D eigenvalue weighted by Gasteiger charge is 2.34. The van der Waals surface area contributed by atoms with E-state index in [4.69, 9.17) is 4.74 Å². The molecule has 0 bridgehead atoms. The van der Waals surface area contributed by atoms with Crippen molar-refractivity contribution in [2.75, 3.05) is 6.61 Å². The molecule has 0 saturated heterocycles. The molecule has 0 unspecified atom stereocenters. The fourth-order valence-corrected chi connectivity index (χ4v) is 2.35. The van der Waals surface area contributed by atoms with Gasteiger partial charge in [-0.2, -0.15) is 0 Å². The van der Waals surface area contributed by atoms with Gasteiger partial charge in [-0.15, -0.1) is 0 Å². The predicted molar refractivity (Wildman–Crippen MR) is 56.9 cm³/mol. The standard InChI is InChI=1S/C12H22O2/c1-9-5-6-12(4,7-10(9)2)8-14-11(3)13/h9-10H,5-8H2,1-4H3/t9-,10+,12-/m1/s1. The number of carbonyl (C=O) groups excluding carboxylic acids is 1. The Hall–Kier alpha value is -0.530. The Morgan fingerprint density at radius 3 is 2.57 bits per heavy atom. The summed E-state index contributed by atoms with van der Waals surface area (Å²) in [5.41, 5.74) is 0.220. The van der Waals surface area contributed by atoms with Gasteiger partial charge in [0, 0.05) is 12.3 Å². The molecule has 1 aliphatic rings. The van der Waals surface area contributed by atoms with Crippen molar-refractivity contribution in [3.8, 4) is 0 Å². The maximum Gasteiger partial charge on any atom is 0.302 e. The predicted octanol–water partition coefficient (Wildman–Crippen LogP) is 3.01. The lowest BCUT2D eigenvalue weighted by molar-refractivity contribution is -0.145. The second kappa shape index (κ2) is 4.33. The van der Waals surface area contributed by atoms with Gasteiger partial charge < -0.3 is 4.74 Å². The zero-order valence-corrected chi connectivity index (χ0v) is 9.80. The molecule has 1 saturated carbocycles. The van der Waals surface area contributed by atoms with Gasteiger partial charge in [0.15, 0.2) is 0 Å². The lowest BCUT2D eigenvalue weighted by Gasteiger charge is -2.39. The van der Waals surface area contributed by atoms with Crippen LogP contribution in [-0.2, 0) is 9.53 Å². The molecule has 3 atom stereocenters. The second-order valence-electron chi connectivity index (χ2n) is 5.29. The third kappa shape index (κ3) is 3.00. The van der Waals surface area contributed by atoms with Crippen molar-refractivity contribution in [2.45, 2.75) is 47.0 Å². The highest BCUT2D eigenvalue weighted by atomic mass is 16.5. The van der Waals surface area contributed by atoms with Gasteiger partial charge in [-0.25, -0.2) is 0 Å². The van der Waals surface area contributed by atoms with E-state index in [0.29, 0.717) is 6.61 Å². The van der Waals surface area contributed by atoms with Gasteiger partial charge in [-0.1, -0.05) is 20.8 Å². The smallest absolute Gasteiger partial charge is 0.302 e. The first kappa shape index (κ1) is 11.5. The minimum Gasteiger partial charge on any atom is -0.465 e. The molecular formula is C12H22O2. The van der Waals surface area contributed by atoms with Crippen LogP contribution in [0.1, 0.15) is 47.0 Å². The van der Waals surface area contributed by atoms with Gasteiger partial charge in [-0.05, 0) is 31.1 Å². The zero-order valence-electron chi connectivity index (χ0n) is 9.80. The minimum absolute atomic E-state index is 0.155. The summed E-state index contributed by atoms with van der Waals surface area (Å²) in [6.45, 7) is 8.93. The summed E-state index contributed by atoms with van der Waals surface area (Å²) in [7, 11) is 0. The van der Waals surface area contributed by atoms with E-state index in [1.54, 1.807) is 0 Å². The largest absolute Gasteiger partial charge is 0.465 e. The van der Waals surface area contributed by atoms with E-state index in [9.17, 15) is 4.79 Å². The second-order valence-corrected chi connectivity index (χ2v) is 5.29. The summed E-state index contributed by atoms with van der Waals surface area (Å²) in [6.07, 6.45) is 3.63. The molecule has 1 fully saturated rings. The van der Waals surface area contributed by atoms with Crippen molar-refractivity contribution >= 4 is 5.97 Å². The van der Waals surface area contributed by atoms with E-state index in [-0.39, 0.29) is 11.4 Å². The molecule has 0 heterocycles. The van der Waals surface area contributed by atoms with Crippen LogP contribution in [0.2, 0.25) is 0 Å². The molecule has 2 heteroatoms. The Balaban J connectivity index is 2.45. The Morgan fingerprint density at radius 2 is 2.07 bits per heavy atom. The molecule has 0 aromatic carbocycles. The van der Waals surface area contributed by atoms with Crippen molar-refractivity contribution in [3.05, 3.63) is 0 Å². The summed E-state index contributed by atoms with van der Waals surface area (Å²) < 4.78 is 5.13. The van der Waals surface area contributed by atoms with E-state index >= 15 is 0 Å². The van der Waals surface area contributed by atoms with Crippen molar-refractivity contribution < 1.29 is 9.53 Å². The molecule has 0 amide bonds. The van der Waals surface area contributed by atoms with Gasteiger partial charge in [0.2, 0.25) is 0 Å². The van der Waals surface area contributed by atoms with Gasteiger partial charge in [0.1, 0.15) is 0 Å². The minimum atomic E-state index is -0.155. The van der Waals surface area contributed by atoms with Crippen molar-refractivity contribution in [2.24, 2.45) is 17.3 Å². The van der Waals surface area contributed by atoms with Gasteiger partial charge in [-0.3, -0.25) is 4.79 Å². The van der Waals surface area contributed by atoms with Crippen LogP contribution in [0.5, 0.6) is 0 Å². The molecule has 0 aliphatic heterocycles. The lowest BCUT2D eigenvalue weighted by Crippen LogP contribution is -2.33. The number of carbonyl (C=O) groups is 1. The quantitative estimate of drug-likeness (QED) is 0.637. The Morgan fingerprint density at radius 1 is 1.43 bits per heavy atom. The molecule has 2 nitrogen and oxygen atoms in total. The summed E-state index contributed by atoms with van der Waals surface area (Å²) in [5, 5.41) is 0. The highest BCUT2D eigenvalue weighted by Crippen LogP contribution is 2.41. The highest BCUT2D eigenvalue weighted by molar-refractivity contribution is 5.65. The lowest BCUT2D eigenvalue weighted by atomic mass is 9.68. The van der Waals surface area contributed by atoms with E-state index < -0.39 is 0 Å². The third-order valence-corrected chi connectivity index (χ3v) is 3.61. The van der Waals surface area contributed by atoms with E-state index in [0.717, 1.165) is 11.8 Å². The first-order valence-corrected chi connectivity index (χ1v) is 5.56. The fraction of sp³-hybridized carbons (Fsp3) is 0.917. The van der Waals surface area contributed by atoms with Crippen LogP contribution < -0.4 is 0 Å². The van der Waals surface area contributed by atoms with Crippen molar-refractivity contribution in [1.29, 1.82) is 0 Å². The SMILES string of the molecule is CC(=O)OC[C@]1(C)CC[C@@H](C)[C@@H](C)C1. The molecular weight excluding hydrogens is 176 g/mol. The normalized spacial score (nSPS) is 38.0. The van der Waals surface area contributed by atoms with Gasteiger partial charge in [0.25, 0.3) is 0 Å². The van der Waals surface area contributed by atoms with Crippen molar-refractivity contribution in [1.82, 2.24) is 0 Å². The number of rotatable bonds is 2. The first-order valence-electron chi connectivity index (χ1n) is 5.56. The Kier molecular flexibility index (Phi) is 3.57. The van der Waals surface area contributed by atoms with Gasteiger partial charge in [0.05, 0.1) is 6.61 Å². The molecule has 1 rings (SSSR count). The molecule has 0 radical (unpaired) electrons. The van der Waals surface area contributed by atoms with Gasteiger partial charge >= 0.3 is 5.97 Å². The summed E-state index contributed by atoms with van der Waals surface area (Å²) in [6, 6.07) is 0. The van der Waals surface area contributed by atoms with Crippen LogP contribution in [0.25, 0.3) is 0 Å².